The zero-order valence-corrected chi connectivity index (χ0v) is 19.4. The topological polar surface area (TPSA) is 64.1 Å². The van der Waals surface area contributed by atoms with Crippen molar-refractivity contribution in [3.63, 3.8) is 0 Å². The van der Waals surface area contributed by atoms with Gasteiger partial charge in [-0.05, 0) is 55.5 Å². The highest BCUT2D eigenvalue weighted by Crippen LogP contribution is 2.18. The molecule has 2 amide bonds. The van der Waals surface area contributed by atoms with Crippen molar-refractivity contribution in [1.29, 1.82) is 0 Å². The first kappa shape index (κ1) is 24.7. The molecule has 0 aromatic heterocycles. The molecule has 2 aliphatic rings. The van der Waals surface area contributed by atoms with Crippen molar-refractivity contribution >= 4 is 29.5 Å². The second-order valence-corrected chi connectivity index (χ2v) is 9.33. The summed E-state index contributed by atoms with van der Waals surface area (Å²) in [7, 11) is 0. The molecule has 3 rings (SSSR count). The number of halogens is 2. The number of rotatable bonds is 7. The summed E-state index contributed by atoms with van der Waals surface area (Å²) in [4.78, 5) is 30.8. The minimum Gasteiger partial charge on any atom is -0.392 e. The van der Waals surface area contributed by atoms with Crippen LogP contribution in [0.15, 0.2) is 24.3 Å². The van der Waals surface area contributed by atoms with Crippen molar-refractivity contribution in [3.8, 4) is 0 Å². The van der Waals surface area contributed by atoms with Gasteiger partial charge in [-0.25, -0.2) is 4.39 Å². The molecule has 32 heavy (non-hydrogen) atoms. The highest BCUT2D eigenvalue weighted by molar-refractivity contribution is 6.30. The van der Waals surface area contributed by atoms with Crippen molar-refractivity contribution in [3.05, 3.63) is 40.7 Å². The zero-order chi connectivity index (χ0) is 23.1. The van der Waals surface area contributed by atoms with Crippen LogP contribution in [0.5, 0.6) is 0 Å². The second kappa shape index (κ2) is 11.8. The lowest BCUT2D eigenvalue weighted by molar-refractivity contribution is -0.130. The number of nitrogens with zero attached hydrogens (tertiary/aromatic N) is 3. The standard InChI is InChI=1S/C24H33ClFN3O3/c1-18-14-20(30)17-27(16-18)9-2-3-10-28-12-13-29(11-8-24(28)32)23(31)7-5-19-4-6-21(25)22(26)15-19/h4-7,15,18,20,30H,2-3,8-14,16-17H2,1H3/t18-,20+/m0/s1. The SMILES string of the molecule is C[C@H]1C[C@@H](O)CN(CCCCN2CCN(C(=O)C=Cc3ccc(Cl)c(F)c3)CCC2=O)C1. The fourth-order valence-electron chi connectivity index (χ4n) is 4.46. The number of aliphatic hydroxyl groups is 1. The van der Waals surface area contributed by atoms with Crippen LogP contribution in [0.4, 0.5) is 4.39 Å². The van der Waals surface area contributed by atoms with Gasteiger partial charge in [-0.15, -0.1) is 0 Å². The van der Waals surface area contributed by atoms with Gasteiger partial charge in [-0.1, -0.05) is 24.6 Å². The third-order valence-electron chi connectivity index (χ3n) is 6.13. The maximum Gasteiger partial charge on any atom is 0.246 e. The highest BCUT2D eigenvalue weighted by atomic mass is 35.5. The van der Waals surface area contributed by atoms with Gasteiger partial charge in [0.2, 0.25) is 11.8 Å². The van der Waals surface area contributed by atoms with E-state index in [0.29, 0.717) is 44.1 Å². The van der Waals surface area contributed by atoms with Crippen LogP contribution < -0.4 is 0 Å². The smallest absolute Gasteiger partial charge is 0.246 e. The molecule has 1 N–H and O–H groups in total. The van der Waals surface area contributed by atoms with E-state index in [1.165, 1.54) is 18.2 Å². The number of amides is 2. The van der Waals surface area contributed by atoms with Crippen LogP contribution in [0.2, 0.25) is 5.02 Å². The van der Waals surface area contributed by atoms with Gasteiger partial charge in [0.25, 0.3) is 0 Å². The number of hydrogen-bond acceptors (Lipinski definition) is 4. The van der Waals surface area contributed by atoms with E-state index in [9.17, 15) is 19.1 Å². The van der Waals surface area contributed by atoms with Crippen LogP contribution in [0, 0.1) is 11.7 Å². The Morgan fingerprint density at radius 3 is 2.75 bits per heavy atom. The van der Waals surface area contributed by atoms with E-state index in [1.807, 2.05) is 4.90 Å². The second-order valence-electron chi connectivity index (χ2n) is 8.92. The molecule has 176 valence electrons. The maximum atomic E-state index is 13.5. The van der Waals surface area contributed by atoms with Gasteiger partial charge in [-0.3, -0.25) is 9.59 Å². The van der Waals surface area contributed by atoms with Crippen molar-refractivity contribution in [1.82, 2.24) is 14.7 Å². The number of carbonyl (C=O) groups is 2. The minimum absolute atomic E-state index is 0.0441. The third kappa shape index (κ3) is 7.29. The fourth-order valence-corrected chi connectivity index (χ4v) is 4.58. The molecule has 0 bridgehead atoms. The number of benzene rings is 1. The molecule has 1 aromatic rings. The molecule has 8 heteroatoms. The van der Waals surface area contributed by atoms with Crippen LogP contribution >= 0.6 is 11.6 Å². The van der Waals surface area contributed by atoms with E-state index in [1.54, 1.807) is 17.0 Å². The average Bonchev–Trinajstić information content (AvgIpc) is 2.93. The largest absolute Gasteiger partial charge is 0.392 e. The maximum absolute atomic E-state index is 13.5. The molecular weight excluding hydrogens is 433 g/mol. The Balaban J connectivity index is 1.42. The van der Waals surface area contributed by atoms with Crippen molar-refractivity contribution in [2.75, 3.05) is 45.8 Å². The Morgan fingerprint density at radius 2 is 2.00 bits per heavy atom. The van der Waals surface area contributed by atoms with Crippen LogP contribution in [-0.2, 0) is 9.59 Å². The number of piperidine rings is 1. The molecule has 0 aliphatic carbocycles. The molecule has 2 fully saturated rings. The quantitative estimate of drug-likeness (QED) is 0.496. The summed E-state index contributed by atoms with van der Waals surface area (Å²) in [6.07, 6.45) is 5.81. The van der Waals surface area contributed by atoms with Gasteiger partial charge in [0.15, 0.2) is 0 Å². The summed E-state index contributed by atoms with van der Waals surface area (Å²) >= 11 is 5.68. The molecule has 2 atom stereocenters. The molecule has 6 nitrogen and oxygen atoms in total. The van der Waals surface area contributed by atoms with Crippen LogP contribution in [0.25, 0.3) is 6.08 Å². The summed E-state index contributed by atoms with van der Waals surface area (Å²) in [5, 5.41) is 9.96. The fraction of sp³-hybridized carbons (Fsp3) is 0.583. The Hall–Kier alpha value is -1.96. The molecule has 1 aromatic carbocycles. The molecule has 0 radical (unpaired) electrons. The molecule has 2 saturated heterocycles. The molecule has 0 spiro atoms. The number of β-amino-alcohol motifs (C(OH)–C–C–N with tert-alkyl or cyclic N) is 1. The summed E-state index contributed by atoms with van der Waals surface area (Å²) in [5.41, 5.74) is 0.559. The number of likely N-dealkylation sites (tertiary alicyclic amines) is 1. The minimum atomic E-state index is -0.525. The molecule has 0 saturated carbocycles. The van der Waals surface area contributed by atoms with E-state index in [-0.39, 0.29) is 22.9 Å². The Bertz CT molecular complexity index is 825. The predicted molar refractivity (Wildman–Crippen MR) is 124 cm³/mol. The van der Waals surface area contributed by atoms with E-state index in [4.69, 9.17) is 11.6 Å². The molecule has 2 aliphatic heterocycles. The normalized spacial score (nSPS) is 23.1. The molecule has 2 heterocycles. The molecular formula is C24H33ClFN3O3. The van der Waals surface area contributed by atoms with E-state index in [2.05, 4.69) is 11.8 Å². The van der Waals surface area contributed by atoms with E-state index >= 15 is 0 Å². The Kier molecular flexibility index (Phi) is 9.08. The number of aliphatic hydroxyl groups excluding tert-OH is 1. The summed E-state index contributed by atoms with van der Waals surface area (Å²) in [5.74, 6) is -0.121. The highest BCUT2D eigenvalue weighted by Gasteiger charge is 2.24. The van der Waals surface area contributed by atoms with E-state index < -0.39 is 5.82 Å². The first-order valence-electron chi connectivity index (χ1n) is 11.4. The summed E-state index contributed by atoms with van der Waals surface area (Å²) in [6, 6.07) is 4.39. The summed E-state index contributed by atoms with van der Waals surface area (Å²) in [6.45, 7) is 6.94. The van der Waals surface area contributed by atoms with E-state index in [0.717, 1.165) is 38.9 Å². The number of unbranched alkanes of at least 4 members (excludes halogenated alkanes) is 1. The lowest BCUT2D eigenvalue weighted by Crippen LogP contribution is -2.42. The third-order valence-corrected chi connectivity index (χ3v) is 6.43. The predicted octanol–water partition coefficient (Wildman–Crippen LogP) is 3.04. The van der Waals surface area contributed by atoms with Gasteiger partial charge in [0, 0.05) is 51.8 Å². The Morgan fingerprint density at radius 1 is 1.22 bits per heavy atom. The lowest BCUT2D eigenvalue weighted by Gasteiger charge is -2.34. The van der Waals surface area contributed by atoms with Gasteiger partial charge >= 0.3 is 0 Å². The first-order chi connectivity index (χ1) is 15.3. The molecule has 0 unspecified atom stereocenters. The van der Waals surface area contributed by atoms with Crippen molar-refractivity contribution in [2.45, 2.75) is 38.7 Å². The summed E-state index contributed by atoms with van der Waals surface area (Å²) < 4.78 is 13.5. The van der Waals surface area contributed by atoms with Crippen LogP contribution in [0.1, 0.15) is 38.2 Å². The number of hydrogen-bond donors (Lipinski definition) is 1. The van der Waals surface area contributed by atoms with Crippen LogP contribution in [0.3, 0.4) is 0 Å². The first-order valence-corrected chi connectivity index (χ1v) is 11.8. The average molecular weight is 466 g/mol. The zero-order valence-electron chi connectivity index (χ0n) is 18.7. The number of carbonyl (C=O) groups excluding carboxylic acids is 2. The lowest BCUT2D eigenvalue weighted by atomic mass is 9.98. The Labute approximate surface area is 194 Å². The van der Waals surface area contributed by atoms with Crippen molar-refractivity contribution in [2.24, 2.45) is 5.92 Å². The monoisotopic (exact) mass is 465 g/mol. The van der Waals surface area contributed by atoms with Crippen LogP contribution in [-0.4, -0.2) is 83.5 Å². The van der Waals surface area contributed by atoms with Crippen molar-refractivity contribution < 1.29 is 19.1 Å². The van der Waals surface area contributed by atoms with Gasteiger partial charge in [0.05, 0.1) is 11.1 Å². The van der Waals surface area contributed by atoms with Gasteiger partial charge < -0.3 is 19.8 Å². The van der Waals surface area contributed by atoms with Gasteiger partial charge in [0.1, 0.15) is 5.82 Å². The van der Waals surface area contributed by atoms with Gasteiger partial charge in [-0.2, -0.15) is 0 Å².